The normalized spacial score (nSPS) is 10.2. The number of hydrogen-bond donors (Lipinski definition) is 2. The van der Waals surface area contributed by atoms with Crippen molar-refractivity contribution in [3.05, 3.63) is 52.3 Å². The Bertz CT molecular complexity index is 657. The first-order chi connectivity index (χ1) is 9.97. The SMILES string of the molecule is Nc1ccccc1OCC(=O)Nc1cc(Cl)c(F)c(Cl)c1. The molecule has 0 spiro atoms. The maximum absolute atomic E-state index is 13.2. The largest absolute Gasteiger partial charge is 0.482 e. The minimum atomic E-state index is -0.732. The number of ether oxygens (including phenoxy) is 1. The minimum Gasteiger partial charge on any atom is -0.482 e. The van der Waals surface area contributed by atoms with E-state index in [2.05, 4.69) is 5.32 Å². The lowest BCUT2D eigenvalue weighted by Gasteiger charge is -2.10. The predicted octanol–water partition coefficient (Wildman–Crippen LogP) is 3.73. The Morgan fingerprint density at radius 3 is 2.48 bits per heavy atom. The maximum Gasteiger partial charge on any atom is 0.262 e. The van der Waals surface area contributed by atoms with Crippen LogP contribution in [0.1, 0.15) is 0 Å². The van der Waals surface area contributed by atoms with Gasteiger partial charge in [-0.25, -0.2) is 4.39 Å². The predicted molar refractivity (Wildman–Crippen MR) is 81.4 cm³/mol. The average Bonchev–Trinajstić information content (AvgIpc) is 2.44. The van der Waals surface area contributed by atoms with Crippen LogP contribution in [0.4, 0.5) is 15.8 Å². The highest BCUT2D eigenvalue weighted by Gasteiger charge is 2.10. The summed E-state index contributed by atoms with van der Waals surface area (Å²) < 4.78 is 18.5. The van der Waals surface area contributed by atoms with Gasteiger partial charge in [-0.1, -0.05) is 35.3 Å². The van der Waals surface area contributed by atoms with Crippen LogP contribution in [0.15, 0.2) is 36.4 Å². The Hall–Kier alpha value is -1.98. The minimum absolute atomic E-state index is 0.175. The Kier molecular flexibility index (Phi) is 4.88. The van der Waals surface area contributed by atoms with Gasteiger partial charge in [0.1, 0.15) is 5.75 Å². The molecule has 0 unspecified atom stereocenters. The van der Waals surface area contributed by atoms with Gasteiger partial charge >= 0.3 is 0 Å². The fraction of sp³-hybridized carbons (Fsp3) is 0.0714. The van der Waals surface area contributed by atoms with Gasteiger partial charge in [-0.2, -0.15) is 0 Å². The first kappa shape index (κ1) is 15.4. The van der Waals surface area contributed by atoms with Crippen LogP contribution in [-0.2, 0) is 4.79 Å². The van der Waals surface area contributed by atoms with Crippen LogP contribution in [0.25, 0.3) is 0 Å². The summed E-state index contributed by atoms with van der Waals surface area (Å²) in [5, 5.41) is 2.15. The molecule has 21 heavy (non-hydrogen) atoms. The molecule has 4 nitrogen and oxygen atoms in total. The van der Waals surface area contributed by atoms with Crippen molar-refractivity contribution < 1.29 is 13.9 Å². The summed E-state index contributed by atoms with van der Waals surface area (Å²) in [4.78, 5) is 11.7. The molecule has 0 saturated carbocycles. The number of amides is 1. The van der Waals surface area contributed by atoms with Gasteiger partial charge < -0.3 is 15.8 Å². The van der Waals surface area contributed by atoms with E-state index >= 15 is 0 Å². The van der Waals surface area contributed by atoms with Crippen LogP contribution in [0.3, 0.4) is 0 Å². The number of halogens is 3. The fourth-order valence-corrected chi connectivity index (χ4v) is 2.07. The quantitative estimate of drug-likeness (QED) is 0.663. The van der Waals surface area contributed by atoms with Crippen molar-refractivity contribution in [1.82, 2.24) is 0 Å². The molecule has 0 aliphatic heterocycles. The highest BCUT2D eigenvalue weighted by molar-refractivity contribution is 6.35. The van der Waals surface area contributed by atoms with Crippen LogP contribution in [-0.4, -0.2) is 12.5 Å². The Morgan fingerprint density at radius 2 is 1.86 bits per heavy atom. The number of nitrogens with two attached hydrogens (primary N) is 1. The number of anilines is 2. The monoisotopic (exact) mass is 328 g/mol. The zero-order valence-electron chi connectivity index (χ0n) is 10.7. The molecule has 0 aliphatic rings. The van der Waals surface area contributed by atoms with Crippen LogP contribution in [0.5, 0.6) is 5.75 Å². The number of rotatable bonds is 4. The van der Waals surface area contributed by atoms with Crippen molar-refractivity contribution >= 4 is 40.5 Å². The molecule has 2 aromatic rings. The number of para-hydroxylation sites is 2. The summed E-state index contributed by atoms with van der Waals surface area (Å²) in [6.45, 7) is -0.249. The number of carbonyl (C=O) groups is 1. The lowest BCUT2D eigenvalue weighted by Crippen LogP contribution is -2.20. The Morgan fingerprint density at radius 1 is 1.24 bits per heavy atom. The van der Waals surface area contributed by atoms with Crippen LogP contribution in [0, 0.1) is 5.82 Å². The van der Waals surface area contributed by atoms with E-state index in [1.165, 1.54) is 12.1 Å². The van der Waals surface area contributed by atoms with Crippen molar-refractivity contribution in [2.45, 2.75) is 0 Å². The van der Waals surface area contributed by atoms with Gasteiger partial charge in [0.15, 0.2) is 12.4 Å². The van der Waals surface area contributed by atoms with Crippen molar-refractivity contribution in [3.8, 4) is 5.75 Å². The zero-order chi connectivity index (χ0) is 15.4. The third-order valence-corrected chi connectivity index (χ3v) is 3.10. The summed E-state index contributed by atoms with van der Waals surface area (Å²) in [5.74, 6) is -0.774. The second-order valence-electron chi connectivity index (χ2n) is 4.13. The summed E-state index contributed by atoms with van der Waals surface area (Å²) in [6, 6.07) is 9.32. The van der Waals surface area contributed by atoms with Crippen molar-refractivity contribution in [3.63, 3.8) is 0 Å². The lowest BCUT2D eigenvalue weighted by molar-refractivity contribution is -0.118. The third kappa shape index (κ3) is 4.00. The molecule has 0 radical (unpaired) electrons. The summed E-state index contributed by atoms with van der Waals surface area (Å²) in [6.07, 6.45) is 0. The Balaban J connectivity index is 1.98. The Labute approximate surface area is 130 Å². The molecular weight excluding hydrogens is 318 g/mol. The standard InChI is InChI=1S/C14H11Cl2FN2O2/c15-9-5-8(6-10(16)14(9)17)19-13(20)7-21-12-4-2-1-3-11(12)18/h1-6H,7,18H2,(H,19,20). The summed E-state index contributed by atoms with van der Waals surface area (Å²) in [7, 11) is 0. The molecule has 2 aromatic carbocycles. The molecule has 0 saturated heterocycles. The molecule has 110 valence electrons. The van der Waals surface area contributed by atoms with Crippen LogP contribution < -0.4 is 15.8 Å². The molecule has 0 fully saturated rings. The van der Waals surface area contributed by atoms with Gasteiger partial charge in [0, 0.05) is 5.69 Å². The van der Waals surface area contributed by atoms with Crippen LogP contribution >= 0.6 is 23.2 Å². The van der Waals surface area contributed by atoms with E-state index in [4.69, 9.17) is 33.7 Å². The molecule has 7 heteroatoms. The lowest BCUT2D eigenvalue weighted by atomic mass is 10.3. The number of hydrogen-bond acceptors (Lipinski definition) is 3. The van der Waals surface area contributed by atoms with E-state index < -0.39 is 11.7 Å². The topological polar surface area (TPSA) is 64.3 Å². The number of benzene rings is 2. The molecule has 0 heterocycles. The van der Waals surface area contributed by atoms with Gasteiger partial charge in [0.05, 0.1) is 15.7 Å². The second-order valence-corrected chi connectivity index (χ2v) is 4.94. The number of nitrogens with one attached hydrogen (secondary N) is 1. The van der Waals surface area contributed by atoms with E-state index in [0.29, 0.717) is 11.4 Å². The maximum atomic E-state index is 13.2. The fourth-order valence-electron chi connectivity index (χ4n) is 1.58. The number of carbonyl (C=O) groups excluding carboxylic acids is 1. The third-order valence-electron chi connectivity index (χ3n) is 2.55. The van der Waals surface area contributed by atoms with Crippen molar-refractivity contribution in [2.75, 3.05) is 17.7 Å². The van der Waals surface area contributed by atoms with Gasteiger partial charge in [-0.3, -0.25) is 4.79 Å². The summed E-state index contributed by atoms with van der Waals surface area (Å²) >= 11 is 11.3. The van der Waals surface area contributed by atoms with Gasteiger partial charge in [-0.05, 0) is 24.3 Å². The smallest absolute Gasteiger partial charge is 0.262 e. The van der Waals surface area contributed by atoms with Gasteiger partial charge in [0.25, 0.3) is 5.91 Å². The second kappa shape index (κ2) is 6.65. The van der Waals surface area contributed by atoms with Gasteiger partial charge in [-0.15, -0.1) is 0 Å². The molecule has 3 N–H and O–H groups in total. The average molecular weight is 329 g/mol. The van der Waals surface area contributed by atoms with E-state index in [9.17, 15) is 9.18 Å². The van der Waals surface area contributed by atoms with Gasteiger partial charge in [0.2, 0.25) is 0 Å². The highest BCUT2D eigenvalue weighted by atomic mass is 35.5. The van der Waals surface area contributed by atoms with E-state index in [1.54, 1.807) is 24.3 Å². The molecule has 2 rings (SSSR count). The van der Waals surface area contributed by atoms with Crippen molar-refractivity contribution in [1.29, 1.82) is 0 Å². The first-order valence-corrected chi connectivity index (χ1v) is 6.64. The zero-order valence-corrected chi connectivity index (χ0v) is 12.2. The number of nitrogen functional groups attached to an aromatic ring is 1. The molecule has 1 amide bonds. The molecule has 0 atom stereocenters. The van der Waals surface area contributed by atoms with Crippen molar-refractivity contribution in [2.24, 2.45) is 0 Å². The van der Waals surface area contributed by atoms with E-state index in [-0.39, 0.29) is 22.3 Å². The van der Waals surface area contributed by atoms with Crippen LogP contribution in [0.2, 0.25) is 10.0 Å². The van der Waals surface area contributed by atoms with E-state index in [0.717, 1.165) is 0 Å². The first-order valence-electron chi connectivity index (χ1n) is 5.89. The highest BCUT2D eigenvalue weighted by Crippen LogP contribution is 2.27. The van der Waals surface area contributed by atoms with E-state index in [1.807, 2.05) is 0 Å². The molecule has 0 bridgehead atoms. The molecular formula is C14H11Cl2FN2O2. The summed E-state index contributed by atoms with van der Waals surface area (Å²) in [5.41, 5.74) is 6.39. The molecule has 0 aliphatic carbocycles. The molecule has 0 aromatic heterocycles.